The van der Waals surface area contributed by atoms with E-state index in [-0.39, 0.29) is 39.5 Å². The molecule has 112 valence electrons. The SMILES string of the molecule is COc1cc(O)c2c(=O)cc(-c3ccc(O)cc3O)oc2c1. The zero-order chi connectivity index (χ0) is 15.9. The zero-order valence-electron chi connectivity index (χ0n) is 11.5. The van der Waals surface area contributed by atoms with Gasteiger partial charge in [0.2, 0.25) is 0 Å². The summed E-state index contributed by atoms with van der Waals surface area (Å²) in [5.74, 6) is -0.134. The molecule has 2 aromatic carbocycles. The van der Waals surface area contributed by atoms with Gasteiger partial charge in [-0.2, -0.15) is 0 Å². The fraction of sp³-hybridized carbons (Fsp3) is 0.0625. The molecule has 0 aliphatic heterocycles. The average Bonchev–Trinajstić information content (AvgIpc) is 2.46. The van der Waals surface area contributed by atoms with E-state index in [0.717, 1.165) is 6.07 Å². The van der Waals surface area contributed by atoms with Crippen LogP contribution in [0.4, 0.5) is 0 Å². The minimum absolute atomic E-state index is 0.0304. The summed E-state index contributed by atoms with van der Waals surface area (Å²) in [6.45, 7) is 0. The first-order valence-electron chi connectivity index (χ1n) is 6.37. The molecule has 0 spiro atoms. The van der Waals surface area contributed by atoms with Gasteiger partial charge in [0, 0.05) is 24.3 Å². The van der Waals surface area contributed by atoms with E-state index in [4.69, 9.17) is 9.15 Å². The van der Waals surface area contributed by atoms with Crippen LogP contribution in [0.25, 0.3) is 22.3 Å². The maximum Gasteiger partial charge on any atom is 0.197 e. The monoisotopic (exact) mass is 300 g/mol. The zero-order valence-corrected chi connectivity index (χ0v) is 11.5. The van der Waals surface area contributed by atoms with Gasteiger partial charge in [0.15, 0.2) is 5.43 Å². The van der Waals surface area contributed by atoms with Gasteiger partial charge in [0.05, 0.1) is 12.7 Å². The number of ether oxygens (including phenoxy) is 1. The molecule has 6 heteroatoms. The van der Waals surface area contributed by atoms with Crippen molar-refractivity contribution >= 4 is 11.0 Å². The summed E-state index contributed by atoms with van der Waals surface area (Å²) < 4.78 is 10.6. The Hall–Kier alpha value is -3.15. The number of phenolic OH excluding ortho intramolecular Hbond substituents is 3. The summed E-state index contributed by atoms with van der Waals surface area (Å²) in [6, 6.07) is 7.88. The predicted octanol–water partition coefficient (Wildman–Crippen LogP) is 2.59. The lowest BCUT2D eigenvalue weighted by Gasteiger charge is -2.08. The van der Waals surface area contributed by atoms with Crippen LogP contribution < -0.4 is 10.2 Å². The minimum atomic E-state index is -0.455. The van der Waals surface area contributed by atoms with E-state index in [2.05, 4.69) is 0 Å². The standard InChI is InChI=1S/C16H12O6/c1-21-9-5-12(19)16-13(20)7-14(22-15(16)6-9)10-3-2-8(17)4-11(10)18/h2-7,17-19H,1H3. The van der Waals surface area contributed by atoms with Crippen molar-refractivity contribution in [3.05, 3.63) is 46.6 Å². The Kier molecular flexibility index (Phi) is 3.14. The van der Waals surface area contributed by atoms with E-state index >= 15 is 0 Å². The second kappa shape index (κ2) is 5.00. The van der Waals surface area contributed by atoms with E-state index in [1.54, 1.807) is 0 Å². The molecule has 22 heavy (non-hydrogen) atoms. The normalized spacial score (nSPS) is 10.8. The molecule has 0 aliphatic carbocycles. The average molecular weight is 300 g/mol. The Morgan fingerprint density at radius 3 is 2.45 bits per heavy atom. The molecule has 1 heterocycles. The van der Waals surface area contributed by atoms with Crippen LogP contribution in [0.2, 0.25) is 0 Å². The number of aromatic hydroxyl groups is 3. The highest BCUT2D eigenvalue weighted by Gasteiger charge is 2.14. The van der Waals surface area contributed by atoms with Crippen LogP contribution in [0, 0.1) is 0 Å². The topological polar surface area (TPSA) is 100 Å². The highest BCUT2D eigenvalue weighted by atomic mass is 16.5. The van der Waals surface area contributed by atoms with Crippen LogP contribution in [0.3, 0.4) is 0 Å². The van der Waals surface area contributed by atoms with Gasteiger partial charge in [-0.25, -0.2) is 0 Å². The maximum atomic E-state index is 12.2. The third kappa shape index (κ3) is 2.20. The fourth-order valence-corrected chi connectivity index (χ4v) is 2.22. The third-order valence-corrected chi connectivity index (χ3v) is 3.27. The summed E-state index contributed by atoms with van der Waals surface area (Å²) in [7, 11) is 1.42. The lowest BCUT2D eigenvalue weighted by molar-refractivity contribution is 0.408. The Labute approximate surface area is 124 Å². The van der Waals surface area contributed by atoms with Crippen LogP contribution in [0.1, 0.15) is 0 Å². The van der Waals surface area contributed by atoms with Crippen molar-refractivity contribution in [1.82, 2.24) is 0 Å². The van der Waals surface area contributed by atoms with Gasteiger partial charge in [-0.3, -0.25) is 4.79 Å². The highest BCUT2D eigenvalue weighted by Crippen LogP contribution is 2.35. The van der Waals surface area contributed by atoms with Gasteiger partial charge >= 0.3 is 0 Å². The van der Waals surface area contributed by atoms with Crippen molar-refractivity contribution in [2.75, 3.05) is 7.11 Å². The summed E-state index contributed by atoms with van der Waals surface area (Å²) in [6.07, 6.45) is 0. The van der Waals surface area contributed by atoms with E-state index in [0.29, 0.717) is 5.75 Å². The third-order valence-electron chi connectivity index (χ3n) is 3.27. The molecule has 0 radical (unpaired) electrons. The fourth-order valence-electron chi connectivity index (χ4n) is 2.22. The van der Waals surface area contributed by atoms with Crippen molar-refractivity contribution in [3.63, 3.8) is 0 Å². The van der Waals surface area contributed by atoms with Crippen molar-refractivity contribution in [3.8, 4) is 34.3 Å². The van der Waals surface area contributed by atoms with Gasteiger partial charge in [-0.1, -0.05) is 0 Å². The van der Waals surface area contributed by atoms with Gasteiger partial charge in [0.25, 0.3) is 0 Å². The number of hydrogen-bond donors (Lipinski definition) is 3. The maximum absolute atomic E-state index is 12.2. The molecule has 0 saturated carbocycles. The molecule has 3 aromatic rings. The second-order valence-electron chi connectivity index (χ2n) is 4.70. The van der Waals surface area contributed by atoms with Crippen LogP contribution in [-0.2, 0) is 0 Å². The number of methoxy groups -OCH3 is 1. The van der Waals surface area contributed by atoms with E-state index < -0.39 is 5.43 Å². The second-order valence-corrected chi connectivity index (χ2v) is 4.70. The number of hydrogen-bond acceptors (Lipinski definition) is 6. The van der Waals surface area contributed by atoms with Crippen LogP contribution >= 0.6 is 0 Å². The number of phenols is 3. The van der Waals surface area contributed by atoms with Crippen molar-refractivity contribution < 1.29 is 24.5 Å². The predicted molar refractivity (Wildman–Crippen MR) is 79.5 cm³/mol. The van der Waals surface area contributed by atoms with E-state index in [1.165, 1.54) is 37.4 Å². The quantitative estimate of drug-likeness (QED) is 0.672. The van der Waals surface area contributed by atoms with Crippen molar-refractivity contribution in [1.29, 1.82) is 0 Å². The van der Waals surface area contributed by atoms with Crippen LogP contribution in [0.5, 0.6) is 23.0 Å². The lowest BCUT2D eigenvalue weighted by Crippen LogP contribution is -2.01. The number of fused-ring (bicyclic) bond motifs is 1. The highest BCUT2D eigenvalue weighted by molar-refractivity contribution is 5.86. The van der Waals surface area contributed by atoms with Crippen molar-refractivity contribution in [2.24, 2.45) is 0 Å². The molecule has 1 aromatic heterocycles. The Bertz CT molecular complexity index is 926. The van der Waals surface area contributed by atoms with Gasteiger partial charge in [0.1, 0.15) is 39.7 Å². The molecule has 0 aliphatic rings. The lowest BCUT2D eigenvalue weighted by atomic mass is 10.1. The molecular formula is C16H12O6. The summed E-state index contributed by atoms with van der Waals surface area (Å²) in [5.41, 5.74) is -0.0742. The van der Waals surface area contributed by atoms with Gasteiger partial charge in [-0.05, 0) is 12.1 Å². The van der Waals surface area contributed by atoms with Crippen LogP contribution in [0.15, 0.2) is 45.6 Å². The molecule has 0 unspecified atom stereocenters. The summed E-state index contributed by atoms with van der Waals surface area (Å²) >= 11 is 0. The first kappa shape index (κ1) is 13.8. The summed E-state index contributed by atoms with van der Waals surface area (Å²) in [4.78, 5) is 12.2. The van der Waals surface area contributed by atoms with Crippen molar-refractivity contribution in [2.45, 2.75) is 0 Å². The Morgan fingerprint density at radius 1 is 1.00 bits per heavy atom. The minimum Gasteiger partial charge on any atom is -0.508 e. The van der Waals surface area contributed by atoms with E-state index in [9.17, 15) is 20.1 Å². The molecule has 0 saturated heterocycles. The smallest absolute Gasteiger partial charge is 0.197 e. The molecular weight excluding hydrogens is 288 g/mol. The molecule has 3 N–H and O–H groups in total. The molecule has 0 amide bonds. The first-order chi connectivity index (χ1) is 10.5. The van der Waals surface area contributed by atoms with Gasteiger partial charge < -0.3 is 24.5 Å². The Morgan fingerprint density at radius 2 is 1.77 bits per heavy atom. The Balaban J connectivity index is 2.30. The van der Waals surface area contributed by atoms with Crippen LogP contribution in [-0.4, -0.2) is 22.4 Å². The molecule has 0 atom stereocenters. The molecule has 3 rings (SSSR count). The number of rotatable bonds is 2. The first-order valence-corrected chi connectivity index (χ1v) is 6.37. The van der Waals surface area contributed by atoms with Gasteiger partial charge in [-0.15, -0.1) is 0 Å². The summed E-state index contributed by atoms with van der Waals surface area (Å²) in [5, 5.41) is 29.1. The van der Waals surface area contributed by atoms with E-state index in [1.807, 2.05) is 0 Å². The molecule has 6 nitrogen and oxygen atoms in total. The molecule has 0 bridgehead atoms. The largest absolute Gasteiger partial charge is 0.508 e. The number of benzene rings is 2. The molecule has 0 fully saturated rings.